The SMILES string of the molecule is CCN(CC)c1ccc2c(C)c(-c3ccc(N)c(CCN)c3)c(=O)oc2c1.CCN(CC)c1ccc2c(C)c(-c3ccc(NC(=O)OC(C)(C)C)c(CCNC(=O)OC(C)(C)C)c3)c(=O)oc2c1. The molecule has 2 aromatic heterocycles. The van der Waals surface area contributed by atoms with E-state index in [0.717, 1.165) is 70.6 Å². The number of carbonyl (C=O) groups is 2. The largest absolute Gasteiger partial charge is 0.444 e. The molecule has 6 rings (SSSR count). The summed E-state index contributed by atoms with van der Waals surface area (Å²) in [4.78, 5) is 55.3. The van der Waals surface area contributed by atoms with Crippen LogP contribution in [-0.2, 0) is 22.3 Å². The molecule has 0 fully saturated rings. The Hall–Kier alpha value is -6.80. The first-order valence-corrected chi connectivity index (χ1v) is 23.4. The molecule has 2 amide bonds. The van der Waals surface area contributed by atoms with E-state index in [1.807, 2.05) is 68.4 Å². The third-order valence-electron chi connectivity index (χ3n) is 11.5. The van der Waals surface area contributed by atoms with Gasteiger partial charge in [-0.2, -0.15) is 0 Å². The monoisotopic (exact) mass is 931 g/mol. The zero-order valence-corrected chi connectivity index (χ0v) is 41.9. The lowest BCUT2D eigenvalue weighted by Gasteiger charge is -2.22. The second-order valence-electron chi connectivity index (χ2n) is 18.6. The van der Waals surface area contributed by atoms with Gasteiger partial charge in [0.15, 0.2) is 0 Å². The summed E-state index contributed by atoms with van der Waals surface area (Å²) in [5.74, 6) is 0. The number of anilines is 4. The van der Waals surface area contributed by atoms with E-state index in [0.29, 0.717) is 64.2 Å². The summed E-state index contributed by atoms with van der Waals surface area (Å²) in [6.07, 6.45) is -0.101. The average Bonchev–Trinajstić information content (AvgIpc) is 3.25. The number of benzene rings is 4. The predicted octanol–water partition coefficient (Wildman–Crippen LogP) is 10.7. The number of ether oxygens (including phenoxy) is 2. The maximum Gasteiger partial charge on any atom is 0.412 e. The van der Waals surface area contributed by atoms with Crippen molar-refractivity contribution in [1.82, 2.24) is 5.32 Å². The molecule has 0 bridgehead atoms. The smallest absolute Gasteiger partial charge is 0.412 e. The van der Waals surface area contributed by atoms with Crippen molar-refractivity contribution >= 4 is 56.9 Å². The normalized spacial score (nSPS) is 11.5. The molecule has 14 heteroatoms. The van der Waals surface area contributed by atoms with Gasteiger partial charge in [-0.05, 0) is 184 Å². The molecule has 6 N–H and O–H groups in total. The number of alkyl carbamates (subject to hydrolysis) is 1. The van der Waals surface area contributed by atoms with Crippen molar-refractivity contribution in [2.75, 3.05) is 60.1 Å². The number of aryl methyl sites for hydroxylation is 2. The number of nitrogens with two attached hydrogens (primary N) is 2. The van der Waals surface area contributed by atoms with E-state index in [2.05, 4.69) is 54.2 Å². The molecule has 2 heterocycles. The minimum atomic E-state index is -0.672. The van der Waals surface area contributed by atoms with E-state index in [4.69, 9.17) is 29.8 Å². The van der Waals surface area contributed by atoms with Gasteiger partial charge < -0.3 is 44.9 Å². The van der Waals surface area contributed by atoms with Gasteiger partial charge in [-0.1, -0.05) is 12.1 Å². The second-order valence-corrected chi connectivity index (χ2v) is 18.6. The molecular weight excluding hydrogens is 861 g/mol. The van der Waals surface area contributed by atoms with Gasteiger partial charge in [0.2, 0.25) is 0 Å². The molecule has 68 heavy (non-hydrogen) atoms. The Labute approximate surface area is 400 Å². The Bertz CT molecular complexity index is 2860. The van der Waals surface area contributed by atoms with Crippen molar-refractivity contribution in [3.63, 3.8) is 0 Å². The van der Waals surface area contributed by atoms with E-state index < -0.39 is 29.0 Å². The van der Waals surface area contributed by atoms with E-state index >= 15 is 0 Å². The quantitative estimate of drug-likeness (QED) is 0.0597. The maximum atomic E-state index is 13.3. The lowest BCUT2D eigenvalue weighted by atomic mass is 9.96. The van der Waals surface area contributed by atoms with E-state index in [-0.39, 0.29) is 12.2 Å². The summed E-state index contributed by atoms with van der Waals surface area (Å²) in [6, 6.07) is 22.9. The number of fused-ring (bicyclic) bond motifs is 2. The van der Waals surface area contributed by atoms with Crippen LogP contribution in [0.3, 0.4) is 0 Å². The molecule has 0 aliphatic carbocycles. The van der Waals surface area contributed by atoms with Crippen molar-refractivity contribution in [3.8, 4) is 22.3 Å². The highest BCUT2D eigenvalue weighted by atomic mass is 16.6. The summed E-state index contributed by atoms with van der Waals surface area (Å²) < 4.78 is 22.3. The van der Waals surface area contributed by atoms with Gasteiger partial charge in [-0.3, -0.25) is 5.32 Å². The molecule has 0 radical (unpaired) electrons. The number of rotatable bonds is 14. The van der Waals surface area contributed by atoms with Gasteiger partial charge in [0.1, 0.15) is 22.4 Å². The Kier molecular flexibility index (Phi) is 17.1. The van der Waals surface area contributed by atoms with Crippen molar-refractivity contribution in [2.45, 2.75) is 107 Å². The Morgan fingerprint density at radius 2 is 1.07 bits per heavy atom. The first-order valence-electron chi connectivity index (χ1n) is 23.4. The highest BCUT2D eigenvalue weighted by molar-refractivity contribution is 5.91. The van der Waals surface area contributed by atoms with E-state index in [9.17, 15) is 19.2 Å². The maximum absolute atomic E-state index is 13.3. The fraction of sp³-hybridized carbons (Fsp3) is 0.407. The van der Waals surface area contributed by atoms with Crippen LogP contribution in [0.25, 0.3) is 44.2 Å². The zero-order chi connectivity index (χ0) is 50.1. The van der Waals surface area contributed by atoms with Crippen molar-refractivity contribution in [2.24, 2.45) is 5.73 Å². The molecule has 364 valence electrons. The van der Waals surface area contributed by atoms with Crippen molar-refractivity contribution < 1.29 is 27.9 Å². The number of hydrogen-bond donors (Lipinski definition) is 4. The summed E-state index contributed by atoms with van der Waals surface area (Å²) in [6.45, 7) is 27.2. The van der Waals surface area contributed by atoms with E-state index in [1.54, 1.807) is 53.7 Å². The standard InChI is InChI=1S/C32H43N3O6.C22H27N3O2/c1-10-35(11-2)23-13-14-24-20(3)27(28(36)39-26(24)19-23)22-12-15-25(34-30(38)41-32(7,8)9)21(18-22)16-17-33-29(37)40-31(4,5)6;1-4-25(5-2)17-7-8-18-14(3)21(22(26)27-20(18)13-17)16-6-9-19(24)15(12-16)10-11-23/h12-15,18-19H,10-11,16-17H2,1-9H3,(H,33,37)(H,34,38);6-9,12-13H,4-5,10-11,23-24H2,1-3H3. The lowest BCUT2D eigenvalue weighted by molar-refractivity contribution is 0.0527. The molecule has 0 spiro atoms. The van der Waals surface area contributed by atoms with Crippen LogP contribution in [0, 0.1) is 13.8 Å². The molecule has 14 nitrogen and oxygen atoms in total. The number of nitrogens with zero attached hydrogens (tertiary/aromatic N) is 2. The van der Waals surface area contributed by atoms with Crippen LogP contribution in [0.1, 0.15) is 91.5 Å². The minimum absolute atomic E-state index is 0.251. The highest BCUT2D eigenvalue weighted by Gasteiger charge is 2.21. The van der Waals surface area contributed by atoms with Crippen LogP contribution in [0.5, 0.6) is 0 Å². The molecule has 0 saturated carbocycles. The van der Waals surface area contributed by atoms with Crippen molar-refractivity contribution in [1.29, 1.82) is 0 Å². The Balaban J connectivity index is 0.000000276. The lowest BCUT2D eigenvalue weighted by Crippen LogP contribution is -2.33. The molecular formula is C54H70N6O8. The summed E-state index contributed by atoms with van der Waals surface area (Å²) in [5.41, 5.74) is 19.9. The second kappa shape index (κ2) is 22.3. The molecule has 6 aromatic rings. The molecule has 0 atom stereocenters. The molecule has 0 unspecified atom stereocenters. The number of carbonyl (C=O) groups excluding carboxylic acids is 2. The molecule has 0 aliphatic heterocycles. The average molecular weight is 931 g/mol. The summed E-state index contributed by atoms with van der Waals surface area (Å²) in [7, 11) is 0. The number of nitrogens with one attached hydrogen (secondary N) is 2. The fourth-order valence-corrected chi connectivity index (χ4v) is 8.17. The van der Waals surface area contributed by atoms with Gasteiger partial charge in [-0.15, -0.1) is 0 Å². The molecule has 0 aliphatic rings. The number of amides is 2. The highest BCUT2D eigenvalue weighted by Crippen LogP contribution is 2.33. The zero-order valence-electron chi connectivity index (χ0n) is 41.9. The predicted molar refractivity (Wildman–Crippen MR) is 277 cm³/mol. The Morgan fingerprint density at radius 1 is 0.618 bits per heavy atom. The first-order chi connectivity index (χ1) is 32.1. The third kappa shape index (κ3) is 13.0. The Morgan fingerprint density at radius 3 is 1.53 bits per heavy atom. The topological polar surface area (TPSA) is 196 Å². The van der Waals surface area contributed by atoms with Crippen LogP contribution >= 0.6 is 0 Å². The number of hydrogen-bond acceptors (Lipinski definition) is 12. The number of nitrogen functional groups attached to an aromatic ring is 1. The fourth-order valence-electron chi connectivity index (χ4n) is 8.17. The van der Waals surface area contributed by atoms with Crippen LogP contribution < -0.4 is 43.2 Å². The molecule has 0 saturated heterocycles. The van der Waals surface area contributed by atoms with Gasteiger partial charge >= 0.3 is 23.4 Å². The van der Waals surface area contributed by atoms with Gasteiger partial charge in [-0.25, -0.2) is 19.2 Å². The van der Waals surface area contributed by atoms with Gasteiger partial charge in [0.05, 0.1) is 11.1 Å². The first kappa shape index (κ1) is 52.2. The van der Waals surface area contributed by atoms with Crippen molar-refractivity contribution in [3.05, 3.63) is 116 Å². The summed E-state index contributed by atoms with van der Waals surface area (Å²) >= 11 is 0. The third-order valence-corrected chi connectivity index (χ3v) is 11.5. The van der Waals surface area contributed by atoms with Gasteiger partial charge in [0, 0.05) is 78.4 Å². The van der Waals surface area contributed by atoms with Crippen LogP contribution in [0.2, 0.25) is 0 Å². The van der Waals surface area contributed by atoms with Crippen LogP contribution in [0.4, 0.5) is 32.3 Å². The molecule has 4 aromatic carbocycles. The van der Waals surface area contributed by atoms with Crippen LogP contribution in [-0.4, -0.2) is 62.7 Å². The van der Waals surface area contributed by atoms with Crippen LogP contribution in [0.15, 0.2) is 91.2 Å². The summed E-state index contributed by atoms with van der Waals surface area (Å²) in [5, 5.41) is 7.33. The van der Waals surface area contributed by atoms with E-state index in [1.165, 1.54) is 0 Å². The van der Waals surface area contributed by atoms with Gasteiger partial charge in [0.25, 0.3) is 0 Å². The minimum Gasteiger partial charge on any atom is -0.444 e.